The van der Waals surface area contributed by atoms with Crippen molar-refractivity contribution in [3.63, 3.8) is 0 Å². The van der Waals surface area contributed by atoms with Crippen molar-refractivity contribution < 1.29 is 24.6 Å². The third-order valence-electron chi connectivity index (χ3n) is 2.09. The number of fused-ring (bicyclic) bond motifs is 1. The van der Waals surface area contributed by atoms with Crippen LogP contribution in [0.3, 0.4) is 0 Å². The number of carbonyl (C=O) groups is 2. The first-order valence-electron chi connectivity index (χ1n) is 4.44. The summed E-state index contributed by atoms with van der Waals surface area (Å²) in [5.41, 5.74) is -1.35. The number of rotatable bonds is 1. The van der Waals surface area contributed by atoms with Gasteiger partial charge in [0, 0.05) is 0 Å². The van der Waals surface area contributed by atoms with Crippen LogP contribution < -0.4 is 10.7 Å². The average molecular weight is 239 g/mol. The summed E-state index contributed by atoms with van der Waals surface area (Å²) in [7, 11) is 0. The van der Waals surface area contributed by atoms with E-state index in [1.54, 1.807) is 6.92 Å². The zero-order chi connectivity index (χ0) is 11.9. The quantitative estimate of drug-likeness (QED) is 0.634. The summed E-state index contributed by atoms with van der Waals surface area (Å²) in [5.74, 6) is -2.81. The lowest BCUT2D eigenvalue weighted by atomic mass is 10.2. The van der Waals surface area contributed by atoms with Crippen molar-refractivity contribution in [2.45, 2.75) is 6.92 Å². The molecule has 1 aromatic rings. The van der Waals surface area contributed by atoms with Gasteiger partial charge in [0.05, 0.1) is 0 Å². The van der Waals surface area contributed by atoms with Gasteiger partial charge < -0.3 is 15.0 Å². The van der Waals surface area contributed by atoms with Crippen LogP contribution >= 0.6 is 0 Å². The number of nitrogens with one attached hydrogen (secondary N) is 1. The van der Waals surface area contributed by atoms with Gasteiger partial charge in [-0.05, 0) is 13.0 Å². The first-order valence-corrected chi connectivity index (χ1v) is 4.44. The highest BCUT2D eigenvalue weighted by Crippen LogP contribution is 2.21. The molecule has 1 aromatic heterocycles. The predicted octanol–water partition coefficient (Wildman–Crippen LogP) is -0.563. The zero-order valence-electron chi connectivity index (χ0n) is 8.73. The highest BCUT2D eigenvalue weighted by atomic mass is 16.4. The summed E-state index contributed by atoms with van der Waals surface area (Å²) >= 11 is 0. The number of hydrogen-bond acceptors (Lipinski definition) is 5. The highest BCUT2D eigenvalue weighted by molar-refractivity contribution is 6.20. The van der Waals surface area contributed by atoms with Gasteiger partial charge in [-0.3, -0.25) is 19.7 Å². The van der Waals surface area contributed by atoms with E-state index in [9.17, 15) is 19.5 Å². The topological polar surface area (TPSA) is 128 Å². The van der Waals surface area contributed by atoms with Gasteiger partial charge in [0.15, 0.2) is 5.76 Å². The molecule has 1 aliphatic heterocycles. The molecular weight excluding hydrogens is 230 g/mol. The van der Waals surface area contributed by atoms with Crippen LogP contribution in [0.4, 0.5) is 0 Å². The van der Waals surface area contributed by atoms with Gasteiger partial charge in [-0.2, -0.15) is 0 Å². The molecule has 0 unspecified atom stereocenters. The molecule has 2 heterocycles. The molecule has 1 aliphatic rings. The van der Waals surface area contributed by atoms with Crippen LogP contribution in [-0.4, -0.2) is 22.4 Å². The minimum Gasteiger partial charge on any atom is -0.502 e. The Morgan fingerprint density at radius 3 is 2.47 bits per heavy atom. The summed E-state index contributed by atoms with van der Waals surface area (Å²) in [5, 5.41) is 11.4. The van der Waals surface area contributed by atoms with Gasteiger partial charge in [-0.15, -0.1) is 0 Å². The van der Waals surface area contributed by atoms with Gasteiger partial charge in [0.1, 0.15) is 5.56 Å². The minimum atomic E-state index is -0.905. The van der Waals surface area contributed by atoms with Gasteiger partial charge in [-0.25, -0.2) is 0 Å². The number of amides is 2. The Labute approximate surface area is 94.7 Å². The van der Waals surface area contributed by atoms with Crippen molar-refractivity contribution in [1.29, 1.82) is 0 Å². The van der Waals surface area contributed by atoms with Crippen LogP contribution in [0, 0.1) is 0 Å². The monoisotopic (exact) mass is 239 g/mol. The van der Waals surface area contributed by atoms with Gasteiger partial charge >= 0.3 is 0 Å². The van der Waals surface area contributed by atoms with Gasteiger partial charge in [0.2, 0.25) is 16.9 Å². The van der Waals surface area contributed by atoms with E-state index in [4.69, 9.17) is 4.42 Å². The molecule has 7 nitrogen and oxygen atoms in total. The average Bonchev–Trinajstić information content (AvgIpc) is 2.50. The van der Waals surface area contributed by atoms with E-state index in [-0.39, 0.29) is 17.0 Å². The Hall–Kier alpha value is -2.41. The highest BCUT2D eigenvalue weighted by Gasteiger charge is 2.34. The second-order valence-corrected chi connectivity index (χ2v) is 3.13. The fraction of sp³-hybridized carbons (Fsp3) is 0.100. The lowest BCUT2D eigenvalue weighted by Gasteiger charge is -1.99. The van der Waals surface area contributed by atoms with Crippen LogP contribution in [0.5, 0.6) is 5.75 Å². The molecule has 17 heavy (non-hydrogen) atoms. The third kappa shape index (κ3) is 1.72. The first kappa shape index (κ1) is 12.7. The van der Waals surface area contributed by atoms with E-state index in [0.717, 1.165) is 0 Å². The van der Waals surface area contributed by atoms with Crippen molar-refractivity contribution in [3.05, 3.63) is 33.4 Å². The van der Waals surface area contributed by atoms with E-state index < -0.39 is 28.6 Å². The second-order valence-electron chi connectivity index (χ2n) is 3.13. The summed E-state index contributed by atoms with van der Waals surface area (Å²) in [6.07, 6.45) is 2.85. The molecule has 0 bridgehead atoms. The van der Waals surface area contributed by atoms with Gasteiger partial charge in [0.25, 0.3) is 11.8 Å². The fourth-order valence-corrected chi connectivity index (χ4v) is 1.40. The van der Waals surface area contributed by atoms with Crippen molar-refractivity contribution in [1.82, 2.24) is 5.32 Å². The molecule has 0 aromatic carbocycles. The van der Waals surface area contributed by atoms with Gasteiger partial charge in [-0.1, -0.05) is 6.08 Å². The SMILES string of the molecule is C/C=C/c1oc2c(c(=O)c1O)C(=O)NC2=O.O. The number of imide groups is 1. The van der Waals surface area contributed by atoms with Crippen molar-refractivity contribution in [3.8, 4) is 5.75 Å². The van der Waals surface area contributed by atoms with E-state index in [1.807, 2.05) is 5.32 Å². The maximum absolute atomic E-state index is 11.6. The second kappa shape index (κ2) is 4.22. The van der Waals surface area contributed by atoms with E-state index in [1.165, 1.54) is 12.2 Å². The molecule has 2 rings (SSSR count). The van der Waals surface area contributed by atoms with E-state index >= 15 is 0 Å². The molecule has 7 heteroatoms. The minimum absolute atomic E-state index is 0. The van der Waals surface area contributed by atoms with Crippen LogP contribution in [-0.2, 0) is 0 Å². The first-order chi connectivity index (χ1) is 7.56. The normalized spacial score (nSPS) is 13.5. The number of allylic oxidation sites excluding steroid dienone is 1. The largest absolute Gasteiger partial charge is 0.502 e. The van der Waals surface area contributed by atoms with Crippen molar-refractivity contribution in [2.24, 2.45) is 0 Å². The maximum Gasteiger partial charge on any atom is 0.294 e. The summed E-state index contributed by atoms with van der Waals surface area (Å²) < 4.78 is 4.98. The van der Waals surface area contributed by atoms with Crippen LogP contribution in [0.2, 0.25) is 0 Å². The van der Waals surface area contributed by atoms with Crippen molar-refractivity contribution in [2.75, 3.05) is 0 Å². The summed E-state index contributed by atoms with van der Waals surface area (Å²) in [6, 6.07) is 0. The number of carbonyl (C=O) groups excluding carboxylic acids is 2. The Balaban J connectivity index is 0.00000144. The lowest BCUT2D eigenvalue weighted by Crippen LogP contribution is -2.22. The van der Waals surface area contributed by atoms with Crippen LogP contribution in [0.1, 0.15) is 33.6 Å². The third-order valence-corrected chi connectivity index (χ3v) is 2.09. The summed E-state index contributed by atoms with van der Waals surface area (Å²) in [4.78, 5) is 34.0. The standard InChI is InChI=1S/C10H7NO5.H2O/c1-2-3-4-6(12)7(13)5-8(16-4)10(15)11-9(5)14;/h2-3,12H,1H3,(H,11,14,15);1H2/b3-2+;. The Morgan fingerprint density at radius 2 is 1.88 bits per heavy atom. The number of hydrogen-bond donors (Lipinski definition) is 2. The number of aromatic hydroxyl groups is 1. The summed E-state index contributed by atoms with van der Waals surface area (Å²) in [6.45, 7) is 1.65. The van der Waals surface area contributed by atoms with E-state index in [0.29, 0.717) is 0 Å². The molecule has 0 aliphatic carbocycles. The van der Waals surface area contributed by atoms with Crippen molar-refractivity contribution >= 4 is 17.9 Å². The molecule has 0 atom stereocenters. The Kier molecular flexibility index (Phi) is 3.14. The fourth-order valence-electron chi connectivity index (χ4n) is 1.40. The molecule has 0 fully saturated rings. The van der Waals surface area contributed by atoms with E-state index in [2.05, 4.69) is 0 Å². The molecule has 0 saturated carbocycles. The zero-order valence-corrected chi connectivity index (χ0v) is 8.73. The molecular formula is C10H9NO6. The lowest BCUT2D eigenvalue weighted by molar-refractivity contribution is 0.0869. The van der Waals surface area contributed by atoms with Crippen LogP contribution in [0.25, 0.3) is 6.08 Å². The molecule has 0 radical (unpaired) electrons. The predicted molar refractivity (Wildman–Crippen MR) is 56.8 cm³/mol. The molecule has 2 amide bonds. The molecule has 90 valence electrons. The smallest absolute Gasteiger partial charge is 0.294 e. The van der Waals surface area contributed by atoms with Crippen LogP contribution in [0.15, 0.2) is 15.3 Å². The molecule has 0 saturated heterocycles. The molecule has 4 N–H and O–H groups in total. The maximum atomic E-state index is 11.6. The molecule has 0 spiro atoms. The Morgan fingerprint density at radius 1 is 1.24 bits per heavy atom. The Bertz CT molecular complexity index is 583.